The number of nitrogens with one attached hydrogen (secondary N) is 1. The molecule has 2 rings (SSSR count). The summed E-state index contributed by atoms with van der Waals surface area (Å²) in [6.45, 7) is 9.98. The molecule has 0 saturated carbocycles. The van der Waals surface area contributed by atoms with Gasteiger partial charge in [0.15, 0.2) is 9.84 Å². The smallest absolute Gasteiger partial charge is 0.235 e. The molecule has 1 unspecified atom stereocenters. The van der Waals surface area contributed by atoms with Crippen molar-refractivity contribution in [3.8, 4) is 0 Å². The minimum atomic E-state index is -3.32. The van der Waals surface area contributed by atoms with Crippen LogP contribution in [0.25, 0.3) is 0 Å². The van der Waals surface area contributed by atoms with Crippen LogP contribution in [0.15, 0.2) is 30.3 Å². The van der Waals surface area contributed by atoms with Crippen molar-refractivity contribution in [2.45, 2.75) is 26.8 Å². The highest BCUT2D eigenvalue weighted by molar-refractivity contribution is 7.92. The summed E-state index contributed by atoms with van der Waals surface area (Å²) in [7, 11) is -3.32. The highest BCUT2D eigenvalue weighted by atomic mass is 32.2. The zero-order chi connectivity index (χ0) is 19.2. The molecule has 1 aromatic rings. The summed E-state index contributed by atoms with van der Waals surface area (Å²) in [5.41, 5.74) is 1.24. The lowest BCUT2D eigenvalue weighted by atomic mass is 10.2. The van der Waals surface area contributed by atoms with Crippen molar-refractivity contribution in [1.29, 1.82) is 0 Å². The van der Waals surface area contributed by atoms with Gasteiger partial charge < -0.3 is 10.2 Å². The number of benzene rings is 1. The molecule has 1 N–H and O–H groups in total. The van der Waals surface area contributed by atoms with Gasteiger partial charge in [0.05, 0.1) is 5.75 Å². The molecule has 1 fully saturated rings. The number of nitrogens with zero attached hydrogens (tertiary/aromatic N) is 2. The Hall–Kier alpha value is -1.60. The first kappa shape index (κ1) is 20.7. The van der Waals surface area contributed by atoms with Gasteiger partial charge in [-0.25, -0.2) is 8.42 Å². The summed E-state index contributed by atoms with van der Waals surface area (Å²) >= 11 is 0. The Labute approximate surface area is 157 Å². The number of hydrogen-bond donors (Lipinski definition) is 1. The Kier molecular flexibility index (Phi) is 7.46. The number of para-hydroxylation sites is 1. The Bertz CT molecular complexity index is 669. The van der Waals surface area contributed by atoms with E-state index in [4.69, 9.17) is 0 Å². The van der Waals surface area contributed by atoms with Crippen LogP contribution in [-0.4, -0.2) is 69.5 Å². The van der Waals surface area contributed by atoms with Gasteiger partial charge in [-0.3, -0.25) is 9.69 Å². The molecule has 26 heavy (non-hydrogen) atoms. The highest BCUT2D eigenvalue weighted by Gasteiger charge is 2.23. The predicted octanol–water partition coefficient (Wildman–Crippen LogP) is 1.38. The standard InChI is InChI=1S/C19H31N3O3S/c1-16(2)14-26(24,25)15-19(23)20-13-17(3)21-9-11-22(12-10-21)18-7-5-4-6-8-18/h4-8,16-17H,9-15H2,1-3H3,(H,20,23). The number of anilines is 1. The van der Waals surface area contributed by atoms with E-state index in [0.717, 1.165) is 26.2 Å². The van der Waals surface area contributed by atoms with Crippen LogP contribution in [0.3, 0.4) is 0 Å². The minimum Gasteiger partial charge on any atom is -0.369 e. The summed E-state index contributed by atoms with van der Waals surface area (Å²) in [4.78, 5) is 16.6. The molecule has 0 spiro atoms. The fraction of sp³-hybridized carbons (Fsp3) is 0.632. The van der Waals surface area contributed by atoms with Crippen molar-refractivity contribution < 1.29 is 13.2 Å². The number of piperazine rings is 1. The van der Waals surface area contributed by atoms with Crippen molar-refractivity contribution in [1.82, 2.24) is 10.2 Å². The van der Waals surface area contributed by atoms with Crippen LogP contribution in [-0.2, 0) is 14.6 Å². The number of amides is 1. The monoisotopic (exact) mass is 381 g/mol. The van der Waals surface area contributed by atoms with Crippen LogP contribution in [0.2, 0.25) is 0 Å². The molecule has 1 heterocycles. The number of carbonyl (C=O) groups excluding carboxylic acids is 1. The summed E-state index contributed by atoms with van der Waals surface area (Å²) < 4.78 is 23.8. The van der Waals surface area contributed by atoms with Gasteiger partial charge in [0.1, 0.15) is 5.75 Å². The normalized spacial score (nSPS) is 17.3. The van der Waals surface area contributed by atoms with Crippen LogP contribution in [0, 0.1) is 5.92 Å². The van der Waals surface area contributed by atoms with E-state index in [1.54, 1.807) is 0 Å². The molecular weight excluding hydrogens is 350 g/mol. The number of sulfone groups is 1. The fourth-order valence-corrected chi connectivity index (χ4v) is 4.90. The second-order valence-electron chi connectivity index (χ2n) is 7.46. The highest BCUT2D eigenvalue weighted by Crippen LogP contribution is 2.16. The zero-order valence-corrected chi connectivity index (χ0v) is 16.8. The molecular formula is C19H31N3O3S. The average molecular weight is 382 g/mol. The second kappa shape index (κ2) is 9.37. The summed E-state index contributed by atoms with van der Waals surface area (Å²) in [6, 6.07) is 10.5. The lowest BCUT2D eigenvalue weighted by Crippen LogP contribution is -2.52. The topological polar surface area (TPSA) is 69.7 Å². The summed E-state index contributed by atoms with van der Waals surface area (Å²) in [5, 5.41) is 2.78. The Morgan fingerprint density at radius 1 is 1.08 bits per heavy atom. The lowest BCUT2D eigenvalue weighted by molar-refractivity contribution is -0.118. The second-order valence-corrected chi connectivity index (χ2v) is 9.57. The van der Waals surface area contributed by atoms with Gasteiger partial charge in [0.2, 0.25) is 5.91 Å². The van der Waals surface area contributed by atoms with Gasteiger partial charge in [0.25, 0.3) is 0 Å². The zero-order valence-electron chi connectivity index (χ0n) is 16.0. The van der Waals surface area contributed by atoms with E-state index < -0.39 is 21.5 Å². The summed E-state index contributed by atoms with van der Waals surface area (Å²) in [6.07, 6.45) is 0. The molecule has 6 nitrogen and oxygen atoms in total. The lowest BCUT2D eigenvalue weighted by Gasteiger charge is -2.39. The van der Waals surface area contributed by atoms with Crippen molar-refractivity contribution >= 4 is 21.4 Å². The molecule has 1 aliphatic rings. The number of rotatable bonds is 8. The van der Waals surface area contributed by atoms with Gasteiger partial charge >= 0.3 is 0 Å². The minimum absolute atomic E-state index is 0.0348. The Morgan fingerprint density at radius 2 is 1.69 bits per heavy atom. The third kappa shape index (κ3) is 6.61. The Balaban J connectivity index is 1.73. The molecule has 146 valence electrons. The molecule has 0 aromatic heterocycles. The van der Waals surface area contributed by atoms with Crippen molar-refractivity contribution in [2.75, 3.05) is 49.1 Å². The maximum absolute atomic E-state index is 11.9. The van der Waals surface area contributed by atoms with E-state index in [-0.39, 0.29) is 17.7 Å². The third-order valence-corrected chi connectivity index (χ3v) is 6.47. The van der Waals surface area contributed by atoms with Gasteiger partial charge in [-0.15, -0.1) is 0 Å². The van der Waals surface area contributed by atoms with E-state index in [2.05, 4.69) is 34.2 Å². The third-order valence-electron chi connectivity index (χ3n) is 4.59. The van der Waals surface area contributed by atoms with Gasteiger partial charge in [-0.05, 0) is 25.0 Å². The maximum atomic E-state index is 11.9. The first-order chi connectivity index (χ1) is 12.3. The molecule has 0 bridgehead atoms. The maximum Gasteiger partial charge on any atom is 0.235 e. The number of carbonyl (C=O) groups is 1. The summed E-state index contributed by atoms with van der Waals surface area (Å²) in [5.74, 6) is -0.732. The van der Waals surface area contributed by atoms with Crippen LogP contribution in [0.4, 0.5) is 5.69 Å². The van der Waals surface area contributed by atoms with Crippen molar-refractivity contribution in [2.24, 2.45) is 5.92 Å². The predicted molar refractivity (Wildman–Crippen MR) is 106 cm³/mol. The molecule has 1 atom stereocenters. The molecule has 0 aliphatic carbocycles. The molecule has 1 aliphatic heterocycles. The van der Waals surface area contributed by atoms with Gasteiger partial charge in [-0.2, -0.15) is 0 Å². The van der Waals surface area contributed by atoms with Crippen LogP contribution < -0.4 is 10.2 Å². The van der Waals surface area contributed by atoms with E-state index in [0.29, 0.717) is 6.54 Å². The molecule has 1 saturated heterocycles. The first-order valence-corrected chi connectivity index (χ1v) is 11.1. The molecule has 0 radical (unpaired) electrons. The molecule has 1 amide bonds. The quantitative estimate of drug-likeness (QED) is 0.737. The fourth-order valence-electron chi connectivity index (χ4n) is 3.27. The van der Waals surface area contributed by atoms with Crippen LogP contribution in [0.5, 0.6) is 0 Å². The Morgan fingerprint density at radius 3 is 2.27 bits per heavy atom. The average Bonchev–Trinajstić information content (AvgIpc) is 2.59. The molecule has 7 heteroatoms. The van der Waals surface area contributed by atoms with E-state index in [1.165, 1.54) is 5.69 Å². The largest absolute Gasteiger partial charge is 0.369 e. The van der Waals surface area contributed by atoms with Crippen LogP contribution >= 0.6 is 0 Å². The van der Waals surface area contributed by atoms with Gasteiger partial charge in [0, 0.05) is 44.5 Å². The van der Waals surface area contributed by atoms with Crippen LogP contribution in [0.1, 0.15) is 20.8 Å². The molecule has 1 aromatic carbocycles. The first-order valence-electron chi connectivity index (χ1n) is 9.28. The van der Waals surface area contributed by atoms with E-state index >= 15 is 0 Å². The SMILES string of the molecule is CC(C)CS(=O)(=O)CC(=O)NCC(C)N1CCN(c2ccccc2)CC1. The van der Waals surface area contributed by atoms with Crippen molar-refractivity contribution in [3.05, 3.63) is 30.3 Å². The van der Waals surface area contributed by atoms with E-state index in [1.807, 2.05) is 32.0 Å². The van der Waals surface area contributed by atoms with Crippen molar-refractivity contribution in [3.63, 3.8) is 0 Å². The van der Waals surface area contributed by atoms with Gasteiger partial charge in [-0.1, -0.05) is 32.0 Å². The number of hydrogen-bond acceptors (Lipinski definition) is 5. The van der Waals surface area contributed by atoms with E-state index in [9.17, 15) is 13.2 Å².